The fraction of sp³-hybridized carbons (Fsp3) is 0.240. The smallest absolute Gasteiger partial charge is 0.251 e. The van der Waals surface area contributed by atoms with E-state index in [4.69, 9.17) is 19.4 Å². The first-order valence-electron chi connectivity index (χ1n) is 11.7. The van der Waals surface area contributed by atoms with Gasteiger partial charge in [-0.2, -0.15) is 15.1 Å². The van der Waals surface area contributed by atoms with Crippen LogP contribution in [0.15, 0.2) is 48.1 Å². The first-order valence-corrected chi connectivity index (χ1v) is 12.6. The van der Waals surface area contributed by atoms with E-state index in [2.05, 4.69) is 30.7 Å². The molecule has 1 aliphatic heterocycles. The lowest BCUT2D eigenvalue weighted by atomic mass is 10.1. The number of carbonyl (C=O) groups excluding carboxylic acids is 1. The third kappa shape index (κ3) is 4.47. The number of fused-ring (bicyclic) bond motifs is 2. The van der Waals surface area contributed by atoms with Gasteiger partial charge in [-0.1, -0.05) is 6.07 Å². The van der Waals surface area contributed by atoms with Crippen LogP contribution in [0, 0.1) is 0 Å². The molecule has 4 heterocycles. The number of anilines is 3. The number of methoxy groups -OCH3 is 2. The summed E-state index contributed by atoms with van der Waals surface area (Å²) in [4.78, 5) is 29.7. The summed E-state index contributed by atoms with van der Waals surface area (Å²) >= 11 is 1.46. The highest BCUT2D eigenvalue weighted by Gasteiger charge is 2.27. The van der Waals surface area contributed by atoms with E-state index in [0.29, 0.717) is 40.9 Å². The monoisotopic (exact) mass is 516 g/mol. The van der Waals surface area contributed by atoms with Gasteiger partial charge in [-0.15, -0.1) is 11.3 Å². The lowest BCUT2D eigenvalue weighted by Gasteiger charge is -2.18. The molecule has 6 rings (SSSR count). The summed E-state index contributed by atoms with van der Waals surface area (Å²) in [5.41, 5.74) is 4.67. The number of hydrogen-bond donors (Lipinski definition) is 3. The fourth-order valence-electron chi connectivity index (χ4n) is 4.44. The van der Waals surface area contributed by atoms with Gasteiger partial charge in [-0.05, 0) is 30.7 Å². The molecule has 3 aromatic heterocycles. The Balaban J connectivity index is 1.20. The number of ether oxygens (including phenoxy) is 2. The predicted octanol–water partition coefficient (Wildman–Crippen LogP) is 3.73. The number of rotatable bonds is 7. The Morgan fingerprint density at radius 2 is 2.03 bits per heavy atom. The highest BCUT2D eigenvalue weighted by molar-refractivity contribution is 7.16. The summed E-state index contributed by atoms with van der Waals surface area (Å²) in [5, 5.41) is 14.4. The lowest BCUT2D eigenvalue weighted by molar-refractivity contribution is 0.0940. The zero-order valence-corrected chi connectivity index (χ0v) is 21.0. The Labute approximate surface area is 215 Å². The molecule has 1 fully saturated rings. The number of H-pyrrole nitrogens is 1. The summed E-state index contributed by atoms with van der Waals surface area (Å²) in [7, 11) is 3.20. The molecular formula is C25H24N8O3S. The largest absolute Gasteiger partial charge is 0.493 e. The van der Waals surface area contributed by atoms with Gasteiger partial charge in [0, 0.05) is 41.8 Å². The van der Waals surface area contributed by atoms with Gasteiger partial charge in [0.2, 0.25) is 5.95 Å². The van der Waals surface area contributed by atoms with Crippen LogP contribution in [0.1, 0.15) is 16.8 Å². The first kappa shape index (κ1) is 23.0. The number of benzene rings is 2. The second kappa shape index (κ2) is 9.54. The third-order valence-corrected chi connectivity index (χ3v) is 7.06. The summed E-state index contributed by atoms with van der Waals surface area (Å²) in [5.74, 6) is 2.34. The average Bonchev–Trinajstić information content (AvgIpc) is 3.68. The van der Waals surface area contributed by atoms with Crippen LogP contribution in [0.5, 0.6) is 11.5 Å². The minimum Gasteiger partial charge on any atom is -0.493 e. The van der Waals surface area contributed by atoms with Crippen LogP contribution in [-0.4, -0.2) is 64.4 Å². The highest BCUT2D eigenvalue weighted by Crippen LogP contribution is 2.33. The molecule has 0 bridgehead atoms. The number of aromatic nitrogens is 5. The first-order chi connectivity index (χ1) is 18.1. The number of hydrogen-bond acceptors (Lipinski definition) is 10. The molecule has 1 unspecified atom stereocenters. The molecule has 1 amide bonds. The van der Waals surface area contributed by atoms with Crippen molar-refractivity contribution in [2.24, 2.45) is 0 Å². The molecule has 1 aliphatic rings. The van der Waals surface area contributed by atoms with Crippen molar-refractivity contribution in [3.8, 4) is 11.5 Å². The van der Waals surface area contributed by atoms with E-state index in [1.54, 1.807) is 25.9 Å². The van der Waals surface area contributed by atoms with Gasteiger partial charge in [0.1, 0.15) is 5.52 Å². The van der Waals surface area contributed by atoms with Crippen LogP contribution in [0.4, 0.5) is 17.5 Å². The minimum absolute atomic E-state index is 0.0204. The Kier molecular flexibility index (Phi) is 5.93. The molecule has 1 atom stereocenters. The molecule has 0 radical (unpaired) electrons. The SMILES string of the molecule is COc1ccc(Nc2nc(N3CCC(NC(=O)c4ccc5cn[nH]c5c4)C3)nc3scnc23)cc1OC. The van der Waals surface area contributed by atoms with E-state index in [9.17, 15) is 4.79 Å². The zero-order chi connectivity index (χ0) is 25.4. The number of carbonyl (C=O) groups is 1. The van der Waals surface area contributed by atoms with Crippen molar-refractivity contribution in [1.82, 2.24) is 30.5 Å². The third-order valence-electron chi connectivity index (χ3n) is 6.34. The van der Waals surface area contributed by atoms with E-state index in [1.807, 2.05) is 36.4 Å². The van der Waals surface area contributed by atoms with Gasteiger partial charge in [0.05, 0.1) is 31.4 Å². The summed E-state index contributed by atoms with van der Waals surface area (Å²) in [6.07, 6.45) is 2.53. The Morgan fingerprint density at radius 1 is 1.14 bits per heavy atom. The van der Waals surface area contributed by atoms with Crippen LogP contribution < -0.4 is 25.0 Å². The van der Waals surface area contributed by atoms with Crippen molar-refractivity contribution in [3.63, 3.8) is 0 Å². The lowest BCUT2D eigenvalue weighted by Crippen LogP contribution is -2.37. The van der Waals surface area contributed by atoms with Crippen molar-refractivity contribution in [2.75, 3.05) is 37.5 Å². The Hall–Kier alpha value is -4.45. The van der Waals surface area contributed by atoms with Gasteiger partial charge in [0.25, 0.3) is 5.91 Å². The molecule has 0 spiro atoms. The topological polar surface area (TPSA) is 130 Å². The van der Waals surface area contributed by atoms with E-state index in [-0.39, 0.29) is 11.9 Å². The maximum Gasteiger partial charge on any atom is 0.251 e. The number of nitrogens with one attached hydrogen (secondary N) is 3. The Morgan fingerprint density at radius 3 is 2.89 bits per heavy atom. The predicted molar refractivity (Wildman–Crippen MR) is 142 cm³/mol. The van der Waals surface area contributed by atoms with E-state index in [1.165, 1.54) is 11.3 Å². The highest BCUT2D eigenvalue weighted by atomic mass is 32.1. The van der Waals surface area contributed by atoms with Crippen molar-refractivity contribution in [3.05, 3.63) is 53.7 Å². The van der Waals surface area contributed by atoms with E-state index < -0.39 is 0 Å². The van der Waals surface area contributed by atoms with Crippen molar-refractivity contribution in [2.45, 2.75) is 12.5 Å². The van der Waals surface area contributed by atoms with Crippen molar-refractivity contribution < 1.29 is 14.3 Å². The molecule has 0 saturated carbocycles. The summed E-state index contributed by atoms with van der Waals surface area (Å²) < 4.78 is 10.8. The van der Waals surface area contributed by atoms with Crippen LogP contribution in [0.3, 0.4) is 0 Å². The van der Waals surface area contributed by atoms with Crippen LogP contribution in [0.2, 0.25) is 0 Å². The quantitative estimate of drug-likeness (QED) is 0.296. The molecule has 3 N–H and O–H groups in total. The van der Waals surface area contributed by atoms with Gasteiger partial charge < -0.3 is 25.0 Å². The molecule has 12 heteroatoms. The normalized spacial score (nSPS) is 15.3. The average molecular weight is 517 g/mol. The zero-order valence-electron chi connectivity index (χ0n) is 20.2. The maximum atomic E-state index is 12.9. The number of nitrogens with zero attached hydrogens (tertiary/aromatic N) is 5. The maximum absolute atomic E-state index is 12.9. The van der Waals surface area contributed by atoms with Gasteiger partial charge >= 0.3 is 0 Å². The van der Waals surface area contributed by atoms with Gasteiger partial charge in [0.15, 0.2) is 22.1 Å². The molecular weight excluding hydrogens is 492 g/mol. The fourth-order valence-corrected chi connectivity index (χ4v) is 5.09. The number of aromatic amines is 1. The van der Waals surface area contributed by atoms with Crippen LogP contribution in [-0.2, 0) is 0 Å². The summed E-state index contributed by atoms with van der Waals surface area (Å²) in [6.45, 7) is 1.34. The molecule has 0 aliphatic carbocycles. The summed E-state index contributed by atoms with van der Waals surface area (Å²) in [6, 6.07) is 11.1. The standard InChI is InChI=1S/C25H24N8O3S/c1-35-19-6-5-16(10-20(19)36-2)28-22-21-24(37-13-26-21)31-25(30-22)33-8-7-17(12-33)29-23(34)14-3-4-15-11-27-32-18(15)9-14/h3-6,9-11,13,17H,7-8,12H2,1-2H3,(H,27,32)(H,29,34)(H,28,30,31). The molecule has 5 aromatic rings. The van der Waals surface area contributed by atoms with Crippen LogP contribution in [0.25, 0.3) is 21.3 Å². The van der Waals surface area contributed by atoms with Crippen molar-refractivity contribution >= 4 is 55.9 Å². The Bertz CT molecular complexity index is 1600. The number of thiazole rings is 1. The van der Waals surface area contributed by atoms with Gasteiger partial charge in [-0.25, -0.2) is 4.98 Å². The minimum atomic E-state index is -0.113. The molecule has 37 heavy (non-hydrogen) atoms. The van der Waals surface area contributed by atoms with E-state index in [0.717, 1.165) is 34.4 Å². The second-order valence-electron chi connectivity index (χ2n) is 8.65. The molecule has 1 saturated heterocycles. The molecule has 11 nitrogen and oxygen atoms in total. The molecule has 2 aromatic carbocycles. The van der Waals surface area contributed by atoms with Crippen LogP contribution >= 0.6 is 11.3 Å². The molecule has 188 valence electrons. The van der Waals surface area contributed by atoms with Crippen molar-refractivity contribution in [1.29, 1.82) is 0 Å². The second-order valence-corrected chi connectivity index (χ2v) is 9.48. The number of amides is 1. The van der Waals surface area contributed by atoms with E-state index >= 15 is 0 Å². The van der Waals surface area contributed by atoms with Gasteiger partial charge in [-0.3, -0.25) is 9.89 Å².